The van der Waals surface area contributed by atoms with Crippen molar-refractivity contribution in [1.29, 1.82) is 0 Å². The lowest BCUT2D eigenvalue weighted by Crippen LogP contribution is -2.02. The summed E-state index contributed by atoms with van der Waals surface area (Å²) in [6, 6.07) is 9.56. The van der Waals surface area contributed by atoms with Crippen molar-refractivity contribution in [3.05, 3.63) is 42.0 Å². The molecule has 0 bridgehead atoms. The van der Waals surface area contributed by atoms with Gasteiger partial charge < -0.3 is 0 Å². The lowest BCUT2D eigenvalue weighted by atomic mass is 10.2. The van der Waals surface area contributed by atoms with Crippen LogP contribution in [0.4, 0.5) is 4.39 Å². The molecule has 0 aliphatic rings. The van der Waals surface area contributed by atoms with Gasteiger partial charge in [0.2, 0.25) is 0 Å². The van der Waals surface area contributed by atoms with Crippen molar-refractivity contribution >= 4 is 0 Å². The molecule has 0 saturated heterocycles. The molecular weight excluding hydrogens is 171 g/mol. The fraction of sp³-hybridized carbons (Fsp3) is 0.300. The van der Waals surface area contributed by atoms with E-state index >= 15 is 0 Å². The highest BCUT2D eigenvalue weighted by atomic mass is 19.1. The van der Waals surface area contributed by atoms with Gasteiger partial charge in [0.05, 0.1) is 0 Å². The number of halogens is 1. The normalized spacial score (nSPS) is 10.7. The number of hydrogen-bond donors (Lipinski definition) is 0. The van der Waals surface area contributed by atoms with E-state index in [0.29, 0.717) is 6.61 Å². The maximum absolute atomic E-state index is 11.9. The average Bonchev–Trinajstić information content (AvgIpc) is 2.19. The highest BCUT2D eigenvalue weighted by Gasteiger charge is 2.02. The smallest absolute Gasteiger partial charge is 0.163 e. The van der Waals surface area contributed by atoms with Crippen molar-refractivity contribution in [3.63, 3.8) is 0 Å². The molecule has 0 atom stereocenters. The molecule has 0 saturated carbocycles. The lowest BCUT2D eigenvalue weighted by molar-refractivity contribution is -0.297. The van der Waals surface area contributed by atoms with Gasteiger partial charge in [0.15, 0.2) is 6.10 Å². The monoisotopic (exact) mass is 183 g/mol. The maximum Gasteiger partial charge on any atom is 0.163 e. The van der Waals surface area contributed by atoms with Crippen LogP contribution in [-0.4, -0.2) is 6.67 Å². The van der Waals surface area contributed by atoms with Crippen molar-refractivity contribution in [2.24, 2.45) is 0 Å². The van der Waals surface area contributed by atoms with E-state index in [0.717, 1.165) is 5.56 Å². The molecule has 0 amide bonds. The zero-order chi connectivity index (χ0) is 9.52. The Labute approximate surface area is 77.2 Å². The quantitative estimate of drug-likeness (QED) is 0.516. The van der Waals surface area contributed by atoms with Crippen molar-refractivity contribution < 1.29 is 14.2 Å². The molecule has 13 heavy (non-hydrogen) atoms. The van der Waals surface area contributed by atoms with Gasteiger partial charge in [-0.2, -0.15) is 0 Å². The Morgan fingerprint density at radius 1 is 1.31 bits per heavy atom. The summed E-state index contributed by atoms with van der Waals surface area (Å²) in [4.78, 5) is 9.43. The summed E-state index contributed by atoms with van der Waals surface area (Å²) in [5.74, 6) is 0. The number of alkyl halides is 1. The third-order valence-electron chi connectivity index (χ3n) is 1.46. The van der Waals surface area contributed by atoms with Crippen LogP contribution in [0.2, 0.25) is 0 Å². The molecule has 0 N–H and O–H groups in total. The zero-order valence-electron chi connectivity index (χ0n) is 7.50. The Bertz CT molecular complexity index is 226. The summed E-state index contributed by atoms with van der Waals surface area (Å²) in [7, 11) is 0. The average molecular weight is 183 g/mol. The molecule has 0 aliphatic carbocycles. The van der Waals surface area contributed by atoms with Crippen LogP contribution < -0.4 is 0 Å². The van der Waals surface area contributed by atoms with Crippen molar-refractivity contribution in [1.82, 2.24) is 0 Å². The molecule has 0 heterocycles. The third kappa shape index (κ3) is 4.01. The van der Waals surface area contributed by atoms with Gasteiger partial charge >= 0.3 is 0 Å². The predicted octanol–water partition coefficient (Wildman–Crippen LogP) is 2.66. The fourth-order valence-electron chi connectivity index (χ4n) is 0.795. The van der Waals surface area contributed by atoms with Crippen LogP contribution >= 0.6 is 0 Å². The second-order valence-electron chi connectivity index (χ2n) is 2.67. The fourth-order valence-corrected chi connectivity index (χ4v) is 0.795. The van der Waals surface area contributed by atoms with Gasteiger partial charge in [-0.1, -0.05) is 30.3 Å². The van der Waals surface area contributed by atoms with E-state index in [4.69, 9.17) is 4.89 Å². The van der Waals surface area contributed by atoms with Crippen molar-refractivity contribution in [3.8, 4) is 0 Å². The SMILES string of the molecule is C[C](CF)OOCc1ccccc1. The minimum atomic E-state index is -0.616. The molecule has 2 nitrogen and oxygen atoms in total. The summed E-state index contributed by atoms with van der Waals surface area (Å²) in [6.07, 6.45) is 0.232. The molecule has 0 aliphatic heterocycles. The van der Waals surface area contributed by atoms with E-state index in [2.05, 4.69) is 4.89 Å². The lowest BCUT2D eigenvalue weighted by Gasteiger charge is -2.06. The number of hydrogen-bond acceptors (Lipinski definition) is 2. The largest absolute Gasteiger partial charge is 0.248 e. The van der Waals surface area contributed by atoms with E-state index in [1.54, 1.807) is 0 Å². The molecule has 3 heteroatoms. The highest BCUT2D eigenvalue weighted by molar-refractivity contribution is 5.13. The Balaban J connectivity index is 2.20. The van der Waals surface area contributed by atoms with Crippen LogP contribution in [-0.2, 0) is 16.4 Å². The second kappa shape index (κ2) is 5.67. The van der Waals surface area contributed by atoms with Gasteiger partial charge in [0.25, 0.3) is 0 Å². The van der Waals surface area contributed by atoms with Crippen LogP contribution in [0, 0.1) is 6.10 Å². The number of rotatable bonds is 5. The Hall–Kier alpha value is -0.930. The van der Waals surface area contributed by atoms with E-state index in [-0.39, 0.29) is 6.10 Å². The van der Waals surface area contributed by atoms with Gasteiger partial charge in [0.1, 0.15) is 13.3 Å². The first-order chi connectivity index (χ1) is 6.33. The Morgan fingerprint density at radius 3 is 2.62 bits per heavy atom. The van der Waals surface area contributed by atoms with Crippen LogP contribution in [0.5, 0.6) is 0 Å². The van der Waals surface area contributed by atoms with Gasteiger partial charge in [-0.3, -0.25) is 0 Å². The maximum atomic E-state index is 11.9. The minimum absolute atomic E-state index is 0.232. The van der Waals surface area contributed by atoms with Crippen molar-refractivity contribution in [2.75, 3.05) is 6.67 Å². The van der Waals surface area contributed by atoms with Crippen LogP contribution in [0.3, 0.4) is 0 Å². The molecule has 0 fully saturated rings. The van der Waals surface area contributed by atoms with Gasteiger partial charge in [-0.15, -0.1) is 0 Å². The summed E-state index contributed by atoms with van der Waals surface area (Å²) in [5, 5.41) is 0. The summed E-state index contributed by atoms with van der Waals surface area (Å²) in [6.45, 7) is 1.25. The molecule has 1 rings (SSSR count). The van der Waals surface area contributed by atoms with Crippen molar-refractivity contribution in [2.45, 2.75) is 13.5 Å². The first-order valence-corrected chi connectivity index (χ1v) is 4.04. The summed E-state index contributed by atoms with van der Waals surface area (Å²) >= 11 is 0. The van der Waals surface area contributed by atoms with E-state index in [9.17, 15) is 4.39 Å². The van der Waals surface area contributed by atoms with Gasteiger partial charge in [-0.05, 0) is 12.5 Å². The second-order valence-corrected chi connectivity index (χ2v) is 2.67. The first kappa shape index (κ1) is 10.2. The third-order valence-corrected chi connectivity index (χ3v) is 1.46. The molecule has 71 valence electrons. The Morgan fingerprint density at radius 2 is 2.00 bits per heavy atom. The minimum Gasteiger partial charge on any atom is -0.248 e. The molecule has 0 aromatic heterocycles. The molecule has 1 radical (unpaired) electrons. The highest BCUT2D eigenvalue weighted by Crippen LogP contribution is 2.05. The molecule has 1 aromatic carbocycles. The van der Waals surface area contributed by atoms with Crippen LogP contribution in [0.15, 0.2) is 30.3 Å². The van der Waals surface area contributed by atoms with Crippen LogP contribution in [0.1, 0.15) is 12.5 Å². The molecule has 1 aromatic rings. The predicted molar refractivity (Wildman–Crippen MR) is 47.2 cm³/mol. The summed E-state index contributed by atoms with van der Waals surface area (Å²) in [5.41, 5.74) is 0.995. The van der Waals surface area contributed by atoms with Gasteiger partial charge in [0, 0.05) is 0 Å². The molecule has 0 spiro atoms. The van der Waals surface area contributed by atoms with E-state index in [1.807, 2.05) is 30.3 Å². The van der Waals surface area contributed by atoms with E-state index < -0.39 is 6.67 Å². The Kier molecular flexibility index (Phi) is 4.43. The molecular formula is C10H12FO2. The molecule has 0 unspecified atom stereocenters. The topological polar surface area (TPSA) is 18.5 Å². The first-order valence-electron chi connectivity index (χ1n) is 4.04. The van der Waals surface area contributed by atoms with Gasteiger partial charge in [-0.25, -0.2) is 14.2 Å². The summed E-state index contributed by atoms with van der Waals surface area (Å²) < 4.78 is 11.9. The van der Waals surface area contributed by atoms with Crippen LogP contribution in [0.25, 0.3) is 0 Å². The zero-order valence-corrected chi connectivity index (χ0v) is 7.50. The van der Waals surface area contributed by atoms with E-state index in [1.165, 1.54) is 6.92 Å². The number of benzene rings is 1. The standard InChI is InChI=1S/C10H12FO2/c1-9(7-11)13-12-8-10-5-3-2-4-6-10/h2-6H,7-8H2,1H3.